The summed E-state index contributed by atoms with van der Waals surface area (Å²) < 4.78 is 0. The predicted octanol–water partition coefficient (Wildman–Crippen LogP) is 2.30. The van der Waals surface area contributed by atoms with Crippen LogP contribution in [0.3, 0.4) is 0 Å². The Hall–Kier alpha value is -1.37. The van der Waals surface area contributed by atoms with Crippen molar-refractivity contribution in [3.8, 4) is 0 Å². The van der Waals surface area contributed by atoms with E-state index in [4.69, 9.17) is 0 Å². The third-order valence-corrected chi connectivity index (χ3v) is 1.55. The van der Waals surface area contributed by atoms with E-state index in [-0.39, 0.29) is 0 Å². The first-order valence-corrected chi connectivity index (χ1v) is 3.46. The minimum Gasteiger partial charge on any atom is -0.296 e. The van der Waals surface area contributed by atoms with Crippen LogP contribution in [0.2, 0.25) is 0 Å². The van der Waals surface area contributed by atoms with Crippen molar-refractivity contribution >= 4 is 6.21 Å². The van der Waals surface area contributed by atoms with Gasteiger partial charge < -0.3 is 0 Å². The molecule has 1 nitrogen and oxygen atoms in total. The van der Waals surface area contributed by atoms with Crippen molar-refractivity contribution in [2.75, 3.05) is 7.05 Å². The van der Waals surface area contributed by atoms with Crippen LogP contribution >= 0.6 is 0 Å². The van der Waals surface area contributed by atoms with Crippen LogP contribution in [0.15, 0.2) is 53.1 Å². The van der Waals surface area contributed by atoms with Crippen molar-refractivity contribution in [2.45, 2.75) is 0 Å². The summed E-state index contributed by atoms with van der Waals surface area (Å²) in [6, 6.07) is 0. The summed E-state index contributed by atoms with van der Waals surface area (Å²) in [7, 11) is 1.75. The van der Waals surface area contributed by atoms with E-state index in [1.54, 1.807) is 19.3 Å². The third kappa shape index (κ3) is 1.55. The third-order valence-electron chi connectivity index (χ3n) is 1.55. The average Bonchev–Trinajstić information content (AvgIpc) is 2.59. The van der Waals surface area contributed by atoms with Crippen LogP contribution < -0.4 is 0 Å². The van der Waals surface area contributed by atoms with Crippen LogP contribution in [0, 0.1) is 0 Å². The standard InChI is InChI=1S/C10H11N/c1-4-5-9-8(2)10(9)6-7-11-3/h4-7H,1-2H2,3H3/b9-5-,10-6-,11-7?. The van der Waals surface area contributed by atoms with Crippen LogP contribution in [0.5, 0.6) is 0 Å². The van der Waals surface area contributed by atoms with Gasteiger partial charge in [-0.15, -0.1) is 0 Å². The molecule has 0 saturated heterocycles. The van der Waals surface area contributed by atoms with Crippen LogP contribution in [0.1, 0.15) is 0 Å². The molecule has 0 bridgehead atoms. The largest absolute Gasteiger partial charge is 0.296 e. The normalized spacial score (nSPS) is 23.5. The molecule has 0 aliphatic heterocycles. The van der Waals surface area contributed by atoms with E-state index < -0.39 is 0 Å². The highest BCUT2D eigenvalue weighted by Crippen LogP contribution is 2.42. The van der Waals surface area contributed by atoms with E-state index in [2.05, 4.69) is 18.2 Å². The maximum absolute atomic E-state index is 3.86. The zero-order chi connectivity index (χ0) is 8.27. The first-order valence-electron chi connectivity index (χ1n) is 3.46. The lowest BCUT2D eigenvalue weighted by molar-refractivity contribution is 1.48. The molecule has 0 aromatic rings. The molecule has 0 aromatic heterocycles. The second kappa shape index (κ2) is 3.15. The Balaban J connectivity index is 2.76. The van der Waals surface area contributed by atoms with Gasteiger partial charge in [0, 0.05) is 13.3 Å². The van der Waals surface area contributed by atoms with Gasteiger partial charge in [0.05, 0.1) is 0 Å². The fourth-order valence-electron chi connectivity index (χ4n) is 0.908. The quantitative estimate of drug-likeness (QED) is 0.529. The maximum Gasteiger partial charge on any atom is 0.0277 e. The Morgan fingerprint density at radius 3 is 2.45 bits per heavy atom. The van der Waals surface area contributed by atoms with Crippen LogP contribution in [0.4, 0.5) is 0 Å². The molecule has 0 unspecified atom stereocenters. The van der Waals surface area contributed by atoms with Gasteiger partial charge in [0.25, 0.3) is 0 Å². The van der Waals surface area contributed by atoms with Crippen molar-refractivity contribution in [1.29, 1.82) is 0 Å². The molecule has 11 heavy (non-hydrogen) atoms. The monoisotopic (exact) mass is 145 g/mol. The predicted molar refractivity (Wildman–Crippen MR) is 49.9 cm³/mol. The molecule has 56 valence electrons. The van der Waals surface area contributed by atoms with Gasteiger partial charge in [-0.25, -0.2) is 0 Å². The summed E-state index contributed by atoms with van der Waals surface area (Å²) in [5, 5.41) is 0. The summed E-state index contributed by atoms with van der Waals surface area (Å²) in [4.78, 5) is 3.85. The van der Waals surface area contributed by atoms with Gasteiger partial charge in [0.1, 0.15) is 0 Å². The van der Waals surface area contributed by atoms with E-state index in [1.807, 2.05) is 12.2 Å². The second-order valence-corrected chi connectivity index (χ2v) is 2.28. The van der Waals surface area contributed by atoms with Gasteiger partial charge in [-0.05, 0) is 22.8 Å². The topological polar surface area (TPSA) is 12.4 Å². The number of aliphatic imine (C=N–C) groups is 1. The molecular weight excluding hydrogens is 134 g/mol. The molecule has 0 spiro atoms. The van der Waals surface area contributed by atoms with Gasteiger partial charge in [0.15, 0.2) is 0 Å². The number of nitrogens with zero attached hydrogens (tertiary/aromatic N) is 1. The molecule has 0 radical (unpaired) electrons. The van der Waals surface area contributed by atoms with Gasteiger partial charge in [-0.2, -0.15) is 0 Å². The van der Waals surface area contributed by atoms with Gasteiger partial charge in [-0.3, -0.25) is 4.99 Å². The number of allylic oxidation sites excluding steroid dienone is 6. The zero-order valence-corrected chi connectivity index (χ0v) is 6.67. The molecule has 0 heterocycles. The van der Waals surface area contributed by atoms with Crippen LogP contribution in [-0.2, 0) is 0 Å². The van der Waals surface area contributed by atoms with Crippen molar-refractivity contribution in [2.24, 2.45) is 4.99 Å². The fourth-order valence-corrected chi connectivity index (χ4v) is 0.908. The van der Waals surface area contributed by atoms with Crippen molar-refractivity contribution in [3.05, 3.63) is 48.1 Å². The maximum atomic E-state index is 3.86. The van der Waals surface area contributed by atoms with E-state index in [1.165, 1.54) is 11.1 Å². The summed E-state index contributed by atoms with van der Waals surface area (Å²) in [6.07, 6.45) is 7.45. The minimum atomic E-state index is 1.10. The van der Waals surface area contributed by atoms with E-state index in [9.17, 15) is 0 Å². The summed E-state index contributed by atoms with van der Waals surface area (Å²) in [5.74, 6) is 0. The summed E-state index contributed by atoms with van der Waals surface area (Å²) >= 11 is 0. The first kappa shape index (κ1) is 7.73. The molecule has 1 rings (SSSR count). The Morgan fingerprint density at radius 1 is 1.27 bits per heavy atom. The minimum absolute atomic E-state index is 1.10. The molecular formula is C10H11N. The Morgan fingerprint density at radius 2 is 1.91 bits per heavy atom. The molecule has 1 aliphatic rings. The Labute approximate surface area is 67.2 Å². The average molecular weight is 145 g/mol. The summed E-state index contributed by atoms with van der Waals surface area (Å²) in [5.41, 5.74) is 3.49. The van der Waals surface area contributed by atoms with Gasteiger partial charge >= 0.3 is 0 Å². The summed E-state index contributed by atoms with van der Waals surface area (Å²) in [6.45, 7) is 7.47. The number of hydrogen-bond acceptors (Lipinski definition) is 1. The molecule has 1 fully saturated rings. The van der Waals surface area contributed by atoms with E-state index in [0.29, 0.717) is 0 Å². The van der Waals surface area contributed by atoms with E-state index in [0.717, 1.165) is 5.57 Å². The second-order valence-electron chi connectivity index (χ2n) is 2.28. The highest BCUT2D eigenvalue weighted by molar-refractivity contribution is 5.87. The lowest BCUT2D eigenvalue weighted by Gasteiger charge is -1.67. The fraction of sp³-hybridized carbons (Fsp3) is 0.100. The van der Waals surface area contributed by atoms with Crippen LogP contribution in [-0.4, -0.2) is 13.3 Å². The smallest absolute Gasteiger partial charge is 0.0277 e. The first-order chi connectivity index (χ1) is 5.31. The lowest BCUT2D eigenvalue weighted by atomic mass is 10.4. The van der Waals surface area contributed by atoms with Gasteiger partial charge in [0.2, 0.25) is 0 Å². The number of hydrogen-bond donors (Lipinski definition) is 0. The molecule has 0 aromatic carbocycles. The highest BCUT2D eigenvalue weighted by atomic mass is 14.6. The SMILES string of the molecule is C=C/C=C1/C(=C)/C1=C/C=NC. The molecule has 0 N–H and O–H groups in total. The van der Waals surface area contributed by atoms with E-state index >= 15 is 0 Å². The zero-order valence-electron chi connectivity index (χ0n) is 6.67. The van der Waals surface area contributed by atoms with Crippen molar-refractivity contribution in [1.82, 2.24) is 0 Å². The van der Waals surface area contributed by atoms with Crippen LogP contribution in [0.25, 0.3) is 0 Å². The van der Waals surface area contributed by atoms with Crippen molar-refractivity contribution in [3.63, 3.8) is 0 Å². The lowest BCUT2D eigenvalue weighted by Crippen LogP contribution is -1.59. The Kier molecular flexibility index (Phi) is 2.21. The molecule has 1 heteroatoms. The molecule has 1 saturated carbocycles. The number of rotatable bonds is 2. The molecule has 1 aliphatic carbocycles. The molecule has 0 amide bonds. The van der Waals surface area contributed by atoms with Gasteiger partial charge in [-0.1, -0.05) is 25.3 Å². The Bertz CT molecular complexity index is 277. The highest BCUT2D eigenvalue weighted by Gasteiger charge is 2.25. The molecule has 0 atom stereocenters. The van der Waals surface area contributed by atoms with Crippen molar-refractivity contribution < 1.29 is 0 Å².